The molecule has 0 spiro atoms. The zero-order valence-corrected chi connectivity index (χ0v) is 13.8. The quantitative estimate of drug-likeness (QED) is 0.201. The standard InChI is InChI=1S/C9H7F5I.CHF3O3S/c1-6-2-4-7(5-3-6)15-9(13,14)8(10,11)12;2-1(3,4)8(5,6)7/h2-5H,1H3;(H,5,6,7)/q+1;/p-1. The molecule has 0 N–H and O–H groups in total. The van der Waals surface area contributed by atoms with Gasteiger partial charge in [0.05, 0.1) is 0 Å². The third kappa shape index (κ3) is 7.60. The minimum absolute atomic E-state index is 0.0849. The van der Waals surface area contributed by atoms with Crippen LogP contribution in [0.1, 0.15) is 5.56 Å². The highest BCUT2D eigenvalue weighted by Gasteiger charge is 2.70. The first-order valence-electron chi connectivity index (χ1n) is 5.17. The zero-order valence-electron chi connectivity index (χ0n) is 10.8. The first-order valence-corrected chi connectivity index (χ1v) is 8.73. The third-order valence-electron chi connectivity index (χ3n) is 1.84. The molecule has 1 aromatic rings. The van der Waals surface area contributed by atoms with E-state index in [2.05, 4.69) is 0 Å². The number of benzene rings is 1. The highest BCUT2D eigenvalue weighted by atomic mass is 127. The average molecular weight is 486 g/mol. The van der Waals surface area contributed by atoms with Crippen molar-refractivity contribution in [1.82, 2.24) is 0 Å². The van der Waals surface area contributed by atoms with Crippen LogP contribution in [0.5, 0.6) is 0 Å². The Kier molecular flexibility index (Phi) is 7.23. The second-order valence-electron chi connectivity index (χ2n) is 3.79. The molecule has 0 amide bonds. The van der Waals surface area contributed by atoms with Crippen molar-refractivity contribution in [3.05, 3.63) is 33.4 Å². The number of hydrogen-bond acceptors (Lipinski definition) is 3. The maximum atomic E-state index is 12.6. The summed E-state index contributed by atoms with van der Waals surface area (Å²) in [5, 5.41) is 0. The fraction of sp³-hybridized carbons (Fsp3) is 0.400. The van der Waals surface area contributed by atoms with Gasteiger partial charge in [0, 0.05) is 0 Å². The maximum Gasteiger partial charge on any atom is 0.543 e. The van der Waals surface area contributed by atoms with Crippen LogP contribution in [0.25, 0.3) is 0 Å². The van der Waals surface area contributed by atoms with Crippen molar-refractivity contribution in [2.45, 2.75) is 22.5 Å². The number of halogens is 9. The summed E-state index contributed by atoms with van der Waals surface area (Å²) in [6.07, 6.45) is -5.44. The summed E-state index contributed by atoms with van der Waals surface area (Å²) in [4.78, 5) is 0. The molecule has 0 saturated carbocycles. The first kappa shape index (κ1) is 22.3. The van der Waals surface area contributed by atoms with E-state index in [1.54, 1.807) is 6.92 Å². The SMILES string of the molecule is Cc1ccc([I+]C(F)(F)C(F)(F)F)cc1.O=S(=O)([O-])C(F)(F)F. The lowest BCUT2D eigenvalue weighted by atomic mass is 10.2. The van der Waals surface area contributed by atoms with Gasteiger partial charge < -0.3 is 4.55 Å². The molecule has 3 nitrogen and oxygen atoms in total. The summed E-state index contributed by atoms with van der Waals surface area (Å²) in [6.45, 7) is 1.74. The molecule has 0 fully saturated rings. The van der Waals surface area contributed by atoms with Gasteiger partial charge in [0.2, 0.25) is 0 Å². The van der Waals surface area contributed by atoms with E-state index in [9.17, 15) is 35.1 Å². The van der Waals surface area contributed by atoms with E-state index >= 15 is 0 Å². The first-order chi connectivity index (χ1) is 9.97. The maximum absolute atomic E-state index is 12.6. The smallest absolute Gasteiger partial charge is 0.543 e. The van der Waals surface area contributed by atoms with Gasteiger partial charge >= 0.3 is 36.8 Å². The third-order valence-corrected chi connectivity index (χ3v) is 5.04. The van der Waals surface area contributed by atoms with Gasteiger partial charge in [-0.25, -0.2) is 8.42 Å². The Balaban J connectivity index is 0.000000515. The minimum atomic E-state index is -6.09. The highest BCUT2D eigenvalue weighted by molar-refractivity contribution is 7.86. The summed E-state index contributed by atoms with van der Waals surface area (Å²) in [6, 6.07) is 5.70. The van der Waals surface area contributed by atoms with Crippen LogP contribution in [0.4, 0.5) is 35.1 Å². The van der Waals surface area contributed by atoms with E-state index in [1.807, 2.05) is 0 Å². The number of aryl methyl sites for hydroxylation is 1. The molecular weight excluding hydrogens is 479 g/mol. The molecule has 0 aliphatic carbocycles. The molecule has 23 heavy (non-hydrogen) atoms. The normalized spacial score (nSPS) is 13.3. The molecule has 0 aromatic heterocycles. The summed E-state index contributed by atoms with van der Waals surface area (Å²) in [5.74, 6) is 0. The molecule has 134 valence electrons. The highest BCUT2D eigenvalue weighted by Crippen LogP contribution is 2.27. The zero-order chi connectivity index (χ0) is 18.7. The van der Waals surface area contributed by atoms with E-state index < -0.39 is 46.9 Å². The fourth-order valence-corrected chi connectivity index (χ4v) is 2.59. The van der Waals surface area contributed by atoms with Crippen LogP contribution >= 0.6 is 0 Å². The van der Waals surface area contributed by atoms with Crippen molar-refractivity contribution in [2.75, 3.05) is 0 Å². The topological polar surface area (TPSA) is 57.2 Å². The molecule has 0 unspecified atom stereocenters. The van der Waals surface area contributed by atoms with Gasteiger partial charge in [0.1, 0.15) is 0 Å². The molecule has 0 atom stereocenters. The van der Waals surface area contributed by atoms with Gasteiger partial charge in [-0.2, -0.15) is 26.3 Å². The molecule has 1 aromatic carbocycles. The van der Waals surface area contributed by atoms with Gasteiger partial charge in [0.25, 0.3) is 0 Å². The van der Waals surface area contributed by atoms with E-state index in [0.29, 0.717) is 0 Å². The molecule has 1 rings (SSSR count). The molecular formula is C10H7F8IO3S. The van der Waals surface area contributed by atoms with Crippen LogP contribution in [0.3, 0.4) is 0 Å². The van der Waals surface area contributed by atoms with Gasteiger partial charge in [0.15, 0.2) is 13.7 Å². The van der Waals surface area contributed by atoms with Gasteiger partial charge in [-0.15, -0.1) is 8.78 Å². The molecule has 0 aliphatic heterocycles. The Morgan fingerprint density at radius 2 is 1.26 bits per heavy atom. The summed E-state index contributed by atoms with van der Waals surface area (Å²) in [5.41, 5.74) is -4.81. The Morgan fingerprint density at radius 1 is 0.913 bits per heavy atom. The largest absolute Gasteiger partial charge is 0.741 e. The second kappa shape index (κ2) is 7.46. The average Bonchev–Trinajstić information content (AvgIpc) is 2.28. The van der Waals surface area contributed by atoms with Crippen LogP contribution in [-0.4, -0.2) is 28.6 Å². The van der Waals surface area contributed by atoms with Crippen molar-refractivity contribution < 1.29 is 69.3 Å². The lowest BCUT2D eigenvalue weighted by Gasteiger charge is -2.08. The van der Waals surface area contributed by atoms with E-state index in [0.717, 1.165) is 5.56 Å². The van der Waals surface area contributed by atoms with Crippen LogP contribution in [0.15, 0.2) is 24.3 Å². The summed E-state index contributed by atoms with van der Waals surface area (Å²) < 4.78 is 115. The van der Waals surface area contributed by atoms with Crippen LogP contribution in [0, 0.1) is 10.5 Å². The van der Waals surface area contributed by atoms with Crippen molar-refractivity contribution in [2.24, 2.45) is 0 Å². The molecule has 0 saturated heterocycles. The summed E-state index contributed by atoms with van der Waals surface area (Å²) >= 11 is -2.38. The number of hydrogen-bond donors (Lipinski definition) is 0. The number of rotatable bonds is 2. The van der Waals surface area contributed by atoms with Crippen LogP contribution in [-0.2, 0) is 10.1 Å². The lowest BCUT2D eigenvalue weighted by molar-refractivity contribution is -0.791. The van der Waals surface area contributed by atoms with Crippen molar-refractivity contribution >= 4 is 10.1 Å². The Labute approximate surface area is 135 Å². The Hall–Kier alpha value is -0.700. The van der Waals surface area contributed by atoms with E-state index in [1.165, 1.54) is 24.3 Å². The van der Waals surface area contributed by atoms with Gasteiger partial charge in [-0.3, -0.25) is 0 Å². The predicted molar refractivity (Wildman–Crippen MR) is 56.6 cm³/mol. The molecule has 0 aliphatic rings. The van der Waals surface area contributed by atoms with Crippen LogP contribution in [0.2, 0.25) is 0 Å². The van der Waals surface area contributed by atoms with Crippen LogP contribution < -0.4 is 21.2 Å². The monoisotopic (exact) mass is 486 g/mol. The van der Waals surface area contributed by atoms with Crippen molar-refractivity contribution in [1.29, 1.82) is 0 Å². The predicted octanol–water partition coefficient (Wildman–Crippen LogP) is 0.460. The Bertz CT molecular complexity index is 606. The van der Waals surface area contributed by atoms with Gasteiger partial charge in [-0.05, 0) is 19.1 Å². The molecule has 13 heteroatoms. The number of alkyl halides is 9. The molecule has 0 bridgehead atoms. The van der Waals surface area contributed by atoms with E-state index in [4.69, 9.17) is 13.0 Å². The fourth-order valence-electron chi connectivity index (χ4n) is 0.787. The van der Waals surface area contributed by atoms with Gasteiger partial charge in [-0.1, -0.05) is 17.7 Å². The molecule has 0 radical (unpaired) electrons. The van der Waals surface area contributed by atoms with Crippen molar-refractivity contribution in [3.63, 3.8) is 0 Å². The van der Waals surface area contributed by atoms with Crippen molar-refractivity contribution in [3.8, 4) is 0 Å². The minimum Gasteiger partial charge on any atom is -0.741 e. The lowest BCUT2D eigenvalue weighted by Crippen LogP contribution is -3.68. The second-order valence-corrected chi connectivity index (χ2v) is 8.30. The van der Waals surface area contributed by atoms with E-state index in [-0.39, 0.29) is 3.57 Å². The Morgan fingerprint density at radius 3 is 1.52 bits per heavy atom. The molecule has 0 heterocycles. The summed E-state index contributed by atoms with van der Waals surface area (Å²) in [7, 11) is -6.09.